The lowest BCUT2D eigenvalue weighted by Gasteiger charge is -2.34. The van der Waals surface area contributed by atoms with Crippen LogP contribution in [-0.2, 0) is 26.2 Å². The summed E-state index contributed by atoms with van der Waals surface area (Å²) in [7, 11) is -2.21. The molecule has 2 aromatic carbocycles. The van der Waals surface area contributed by atoms with E-state index in [1.54, 1.807) is 19.2 Å². The molecule has 0 spiro atoms. The van der Waals surface area contributed by atoms with Crippen LogP contribution in [0, 0.1) is 13.8 Å². The highest BCUT2D eigenvalue weighted by molar-refractivity contribution is 7.92. The monoisotopic (exact) mass is 543 g/mol. The molecular formula is C29H41N3O5S. The first-order valence-corrected chi connectivity index (χ1v) is 15.2. The lowest BCUT2D eigenvalue weighted by molar-refractivity contribution is -0.140. The van der Waals surface area contributed by atoms with Crippen LogP contribution in [0.25, 0.3) is 0 Å². The van der Waals surface area contributed by atoms with Gasteiger partial charge < -0.3 is 15.0 Å². The Bertz CT molecular complexity index is 1220. The maximum absolute atomic E-state index is 13.9. The van der Waals surface area contributed by atoms with E-state index in [1.807, 2.05) is 51.1 Å². The molecule has 2 amide bonds. The Balaban J connectivity index is 1.96. The number of anilines is 1. The second kappa shape index (κ2) is 13.1. The quantitative estimate of drug-likeness (QED) is 0.455. The third-order valence-corrected chi connectivity index (χ3v) is 8.47. The van der Waals surface area contributed by atoms with Crippen molar-refractivity contribution in [2.75, 3.05) is 24.2 Å². The minimum Gasteiger partial charge on any atom is -0.497 e. The Morgan fingerprint density at radius 3 is 2.39 bits per heavy atom. The van der Waals surface area contributed by atoms with E-state index in [9.17, 15) is 18.0 Å². The molecule has 1 N–H and O–H groups in total. The molecule has 8 nitrogen and oxygen atoms in total. The molecule has 1 aliphatic rings. The van der Waals surface area contributed by atoms with E-state index in [4.69, 9.17) is 4.74 Å². The first-order valence-electron chi connectivity index (χ1n) is 13.3. The number of rotatable bonds is 11. The van der Waals surface area contributed by atoms with Crippen LogP contribution in [0.5, 0.6) is 5.75 Å². The van der Waals surface area contributed by atoms with Crippen molar-refractivity contribution < 1.29 is 22.7 Å². The summed E-state index contributed by atoms with van der Waals surface area (Å²) in [6.45, 7) is 5.36. The number of carbonyl (C=O) groups is 2. The average Bonchev–Trinajstić information content (AvgIpc) is 2.89. The molecular weight excluding hydrogens is 502 g/mol. The second-order valence-electron chi connectivity index (χ2n) is 10.1. The summed E-state index contributed by atoms with van der Waals surface area (Å²) in [5.74, 6) is 0.000774. The van der Waals surface area contributed by atoms with Gasteiger partial charge in [0.1, 0.15) is 18.3 Å². The fourth-order valence-corrected chi connectivity index (χ4v) is 5.93. The smallest absolute Gasteiger partial charge is 0.244 e. The minimum atomic E-state index is -3.78. The minimum absolute atomic E-state index is 0.0986. The zero-order valence-electron chi connectivity index (χ0n) is 23.2. The number of nitrogens with zero attached hydrogens (tertiary/aromatic N) is 2. The molecule has 0 radical (unpaired) electrons. The summed E-state index contributed by atoms with van der Waals surface area (Å²) in [5.41, 5.74) is 2.96. The summed E-state index contributed by atoms with van der Waals surface area (Å²) < 4.78 is 32.3. The van der Waals surface area contributed by atoms with Crippen molar-refractivity contribution in [1.82, 2.24) is 10.2 Å². The van der Waals surface area contributed by atoms with Gasteiger partial charge in [-0.2, -0.15) is 0 Å². The molecule has 1 aliphatic carbocycles. The number of hydrogen-bond acceptors (Lipinski definition) is 5. The van der Waals surface area contributed by atoms with Gasteiger partial charge in [-0.15, -0.1) is 0 Å². The Hall–Kier alpha value is -3.07. The second-order valence-corrected chi connectivity index (χ2v) is 12.0. The molecule has 1 fully saturated rings. The zero-order chi connectivity index (χ0) is 27.9. The number of hydrogen-bond donors (Lipinski definition) is 1. The topological polar surface area (TPSA) is 96.0 Å². The van der Waals surface area contributed by atoms with Crippen molar-refractivity contribution in [1.29, 1.82) is 0 Å². The number of nitrogens with one attached hydrogen (secondary N) is 1. The van der Waals surface area contributed by atoms with E-state index < -0.39 is 28.5 Å². The highest BCUT2D eigenvalue weighted by Gasteiger charge is 2.33. The third-order valence-electron chi connectivity index (χ3n) is 7.35. The van der Waals surface area contributed by atoms with Crippen molar-refractivity contribution >= 4 is 27.5 Å². The average molecular weight is 544 g/mol. The number of benzene rings is 2. The van der Waals surface area contributed by atoms with Gasteiger partial charge in [-0.25, -0.2) is 8.42 Å². The van der Waals surface area contributed by atoms with E-state index in [1.165, 1.54) is 11.3 Å². The fourth-order valence-electron chi connectivity index (χ4n) is 5.03. The fraction of sp³-hybridized carbons (Fsp3) is 0.517. The molecule has 0 aliphatic heterocycles. The summed E-state index contributed by atoms with van der Waals surface area (Å²) in [4.78, 5) is 28.9. The standard InChI is InChI=1S/C29H41N3O5S/c1-6-26(29(34)30-24-14-8-7-9-15-24)31(19-23-13-11-16-25(18-23)37-4)28(33)20-32(38(5,35)36)27-17-10-12-21(2)22(27)3/h10-13,16-18,24,26H,6-9,14-15,19-20H2,1-5H3,(H,30,34)/t26-/m1/s1. The van der Waals surface area contributed by atoms with Gasteiger partial charge in [0.05, 0.1) is 19.1 Å². The van der Waals surface area contributed by atoms with Gasteiger partial charge in [0.25, 0.3) is 0 Å². The number of methoxy groups -OCH3 is 1. The number of ether oxygens (including phenoxy) is 1. The van der Waals surface area contributed by atoms with Crippen molar-refractivity contribution in [3.63, 3.8) is 0 Å². The van der Waals surface area contributed by atoms with Crippen LogP contribution in [0.1, 0.15) is 62.1 Å². The number of carbonyl (C=O) groups excluding carboxylic acids is 2. The normalized spacial score (nSPS) is 15.0. The van der Waals surface area contributed by atoms with E-state index in [0.29, 0.717) is 17.9 Å². The van der Waals surface area contributed by atoms with Crippen molar-refractivity contribution in [3.05, 3.63) is 59.2 Å². The predicted molar refractivity (Wildman–Crippen MR) is 151 cm³/mol. The summed E-state index contributed by atoms with van der Waals surface area (Å²) in [5, 5.41) is 3.16. The van der Waals surface area contributed by atoms with Crippen LogP contribution in [0.15, 0.2) is 42.5 Å². The molecule has 2 aromatic rings. The van der Waals surface area contributed by atoms with E-state index in [-0.39, 0.29) is 18.5 Å². The van der Waals surface area contributed by atoms with Gasteiger partial charge in [0, 0.05) is 12.6 Å². The van der Waals surface area contributed by atoms with Crippen LogP contribution in [0.3, 0.4) is 0 Å². The van der Waals surface area contributed by atoms with Gasteiger partial charge in [0.2, 0.25) is 21.8 Å². The molecule has 0 saturated heterocycles. The van der Waals surface area contributed by atoms with Crippen molar-refractivity contribution in [2.24, 2.45) is 0 Å². The first kappa shape index (κ1) is 29.5. The van der Waals surface area contributed by atoms with Crippen LogP contribution in [0.2, 0.25) is 0 Å². The zero-order valence-corrected chi connectivity index (χ0v) is 24.0. The lowest BCUT2D eigenvalue weighted by atomic mass is 9.95. The molecule has 38 heavy (non-hydrogen) atoms. The van der Waals surface area contributed by atoms with Crippen molar-refractivity contribution in [3.8, 4) is 5.75 Å². The van der Waals surface area contributed by atoms with Crippen molar-refractivity contribution in [2.45, 2.75) is 77.9 Å². The van der Waals surface area contributed by atoms with Gasteiger partial charge >= 0.3 is 0 Å². The number of amides is 2. The molecule has 0 heterocycles. The number of sulfonamides is 1. The highest BCUT2D eigenvalue weighted by Crippen LogP contribution is 2.26. The Labute approximate surface area is 227 Å². The molecule has 0 bridgehead atoms. The highest BCUT2D eigenvalue weighted by atomic mass is 32.2. The van der Waals surface area contributed by atoms with Gasteiger partial charge in [-0.3, -0.25) is 13.9 Å². The van der Waals surface area contributed by atoms with E-state index in [2.05, 4.69) is 5.32 Å². The summed E-state index contributed by atoms with van der Waals surface area (Å²) >= 11 is 0. The Kier molecular flexibility index (Phi) is 10.2. The molecule has 3 rings (SSSR count). The Morgan fingerprint density at radius 1 is 1.08 bits per heavy atom. The SMILES string of the molecule is CC[C@H](C(=O)NC1CCCCC1)N(Cc1cccc(OC)c1)C(=O)CN(c1cccc(C)c1C)S(C)(=O)=O. The number of aryl methyl sites for hydroxylation is 1. The molecule has 1 atom stereocenters. The van der Waals surface area contributed by atoms with Crippen LogP contribution >= 0.6 is 0 Å². The first-order chi connectivity index (χ1) is 18.0. The molecule has 0 unspecified atom stereocenters. The maximum Gasteiger partial charge on any atom is 0.244 e. The van der Waals surface area contributed by atoms with Crippen LogP contribution in [0.4, 0.5) is 5.69 Å². The Morgan fingerprint density at radius 2 is 1.76 bits per heavy atom. The third kappa shape index (κ3) is 7.49. The molecule has 1 saturated carbocycles. The summed E-state index contributed by atoms with van der Waals surface area (Å²) in [6.07, 6.45) is 6.68. The van der Waals surface area contributed by atoms with Crippen LogP contribution in [-0.4, -0.2) is 57.1 Å². The maximum atomic E-state index is 13.9. The van der Waals surface area contributed by atoms with Crippen LogP contribution < -0.4 is 14.4 Å². The molecule has 208 valence electrons. The van der Waals surface area contributed by atoms with Gasteiger partial charge in [-0.05, 0) is 68.0 Å². The molecule has 0 aromatic heterocycles. The molecule has 9 heteroatoms. The summed E-state index contributed by atoms with van der Waals surface area (Å²) in [6, 6.07) is 12.1. The van der Waals surface area contributed by atoms with Gasteiger partial charge in [-0.1, -0.05) is 50.5 Å². The largest absolute Gasteiger partial charge is 0.497 e. The van der Waals surface area contributed by atoms with E-state index in [0.717, 1.165) is 52.9 Å². The lowest BCUT2D eigenvalue weighted by Crippen LogP contribution is -2.54. The predicted octanol–water partition coefficient (Wildman–Crippen LogP) is 4.33. The van der Waals surface area contributed by atoms with E-state index >= 15 is 0 Å². The van der Waals surface area contributed by atoms with Gasteiger partial charge in [0.15, 0.2) is 0 Å².